The summed E-state index contributed by atoms with van der Waals surface area (Å²) in [5.74, 6) is -0.218. The first kappa shape index (κ1) is 21.0. The lowest BCUT2D eigenvalue weighted by Gasteiger charge is -2.31. The lowest BCUT2D eigenvalue weighted by atomic mass is 9.87. The minimum atomic E-state index is -3.61. The zero-order valence-electron chi connectivity index (χ0n) is 17.6. The molecule has 2 aliphatic rings. The molecule has 1 aliphatic carbocycles. The minimum Gasteiger partial charge on any atom is -0.345 e. The molecule has 1 fully saturated rings. The van der Waals surface area contributed by atoms with Gasteiger partial charge in [0.05, 0.1) is 10.9 Å². The molecule has 6 nitrogen and oxygen atoms in total. The molecular weight excluding hydrogens is 398 g/mol. The third kappa shape index (κ3) is 4.15. The van der Waals surface area contributed by atoms with E-state index >= 15 is 0 Å². The van der Waals surface area contributed by atoms with E-state index in [1.165, 1.54) is 15.9 Å². The normalized spacial score (nSPS) is 20.5. The Balaban J connectivity index is 1.57. The van der Waals surface area contributed by atoms with Crippen LogP contribution < -0.4 is 5.32 Å². The number of sulfonamides is 1. The summed E-state index contributed by atoms with van der Waals surface area (Å²) in [6, 6.07) is 13.0. The third-order valence-corrected chi connectivity index (χ3v) is 8.12. The summed E-state index contributed by atoms with van der Waals surface area (Å²) in [5, 5.41) is 3.14. The first-order valence-electron chi connectivity index (χ1n) is 10.5. The first-order chi connectivity index (χ1) is 14.4. The van der Waals surface area contributed by atoms with Gasteiger partial charge in [0.25, 0.3) is 5.91 Å². The van der Waals surface area contributed by atoms with Gasteiger partial charge in [-0.1, -0.05) is 30.3 Å². The van der Waals surface area contributed by atoms with Gasteiger partial charge in [-0.05, 0) is 62.1 Å². The molecule has 0 spiro atoms. The lowest BCUT2D eigenvalue weighted by Crippen LogP contribution is -2.47. The number of likely N-dealkylation sites (N-methyl/N-ethyl adjacent to an activating group) is 1. The topological polar surface area (TPSA) is 69.7 Å². The molecule has 30 heavy (non-hydrogen) atoms. The summed E-state index contributed by atoms with van der Waals surface area (Å²) in [4.78, 5) is 15.4. The van der Waals surface area contributed by atoms with Crippen molar-refractivity contribution in [1.29, 1.82) is 0 Å². The zero-order chi connectivity index (χ0) is 21.3. The zero-order valence-corrected chi connectivity index (χ0v) is 18.4. The summed E-state index contributed by atoms with van der Waals surface area (Å²) in [5.41, 5.74) is 3.63. The summed E-state index contributed by atoms with van der Waals surface area (Å²) < 4.78 is 27.7. The predicted molar refractivity (Wildman–Crippen MR) is 117 cm³/mol. The van der Waals surface area contributed by atoms with E-state index in [1.807, 2.05) is 26.1 Å². The van der Waals surface area contributed by atoms with Gasteiger partial charge in [0.15, 0.2) is 0 Å². The number of hydrogen-bond donors (Lipinski definition) is 1. The Bertz CT molecular complexity index is 1040. The highest BCUT2D eigenvalue weighted by atomic mass is 32.2. The summed E-state index contributed by atoms with van der Waals surface area (Å²) in [6.45, 7) is 4.19. The van der Waals surface area contributed by atoms with Gasteiger partial charge in [0, 0.05) is 31.7 Å². The average molecular weight is 428 g/mol. The van der Waals surface area contributed by atoms with Crippen LogP contribution in [0.25, 0.3) is 0 Å². The number of carbonyl (C=O) groups is 1. The molecule has 160 valence electrons. The molecule has 0 saturated carbocycles. The second-order valence-electron chi connectivity index (χ2n) is 8.30. The van der Waals surface area contributed by atoms with Gasteiger partial charge >= 0.3 is 0 Å². The van der Waals surface area contributed by atoms with Gasteiger partial charge in [-0.25, -0.2) is 8.42 Å². The fraction of sp³-hybridized carbons (Fsp3) is 0.435. The van der Waals surface area contributed by atoms with E-state index in [2.05, 4.69) is 22.3 Å². The Labute approximate surface area is 178 Å². The highest BCUT2D eigenvalue weighted by molar-refractivity contribution is 7.89. The molecule has 1 atom stereocenters. The van der Waals surface area contributed by atoms with Crippen LogP contribution in [0.15, 0.2) is 47.4 Å². The molecule has 2 aromatic carbocycles. The second kappa shape index (κ2) is 8.49. The largest absolute Gasteiger partial charge is 0.345 e. The van der Waals surface area contributed by atoms with Crippen molar-refractivity contribution >= 4 is 15.9 Å². The number of nitrogens with zero attached hydrogens (tertiary/aromatic N) is 2. The fourth-order valence-electron chi connectivity index (χ4n) is 4.32. The lowest BCUT2D eigenvalue weighted by molar-refractivity contribution is 0.0932. The first-order valence-corrected chi connectivity index (χ1v) is 12.0. The molecule has 2 aromatic rings. The van der Waals surface area contributed by atoms with Crippen LogP contribution in [0.3, 0.4) is 0 Å². The number of rotatable bonds is 4. The van der Waals surface area contributed by atoms with E-state index < -0.39 is 10.0 Å². The maximum Gasteiger partial charge on any atom is 0.252 e. The second-order valence-corrected chi connectivity index (χ2v) is 10.2. The minimum absolute atomic E-state index is 0.0419. The molecule has 1 heterocycles. The van der Waals surface area contributed by atoms with Crippen molar-refractivity contribution in [3.63, 3.8) is 0 Å². The van der Waals surface area contributed by atoms with Crippen molar-refractivity contribution in [2.45, 2.75) is 37.1 Å². The molecule has 0 aromatic heterocycles. The molecule has 7 heteroatoms. The molecule has 1 saturated heterocycles. The van der Waals surface area contributed by atoms with Crippen LogP contribution in [0, 0.1) is 6.92 Å². The molecular formula is C23H29N3O3S. The molecule has 1 N–H and O–H groups in total. The number of aryl methyl sites for hydroxylation is 2. The molecule has 1 aliphatic heterocycles. The van der Waals surface area contributed by atoms with Crippen molar-refractivity contribution in [2.75, 3.05) is 33.2 Å². The quantitative estimate of drug-likeness (QED) is 0.815. The van der Waals surface area contributed by atoms with Crippen LogP contribution in [-0.2, 0) is 16.4 Å². The highest BCUT2D eigenvalue weighted by Crippen LogP contribution is 2.30. The number of hydrogen-bond acceptors (Lipinski definition) is 4. The van der Waals surface area contributed by atoms with Gasteiger partial charge in [-0.2, -0.15) is 4.31 Å². The SMILES string of the molecule is Cc1ccc(S(=O)(=O)N2CCN(C)CC2)cc1C(=O)NC1CCCc2ccccc21. The Kier molecular flexibility index (Phi) is 5.95. The number of carbonyl (C=O) groups excluding carboxylic acids is 1. The summed E-state index contributed by atoms with van der Waals surface area (Å²) in [7, 11) is -1.63. The third-order valence-electron chi connectivity index (χ3n) is 6.23. The van der Waals surface area contributed by atoms with E-state index in [0.29, 0.717) is 31.7 Å². The smallest absolute Gasteiger partial charge is 0.252 e. The van der Waals surface area contributed by atoms with Crippen LogP contribution in [0.4, 0.5) is 0 Å². The monoisotopic (exact) mass is 427 g/mol. The van der Waals surface area contributed by atoms with Gasteiger partial charge in [0.2, 0.25) is 10.0 Å². The maximum absolute atomic E-state index is 13.1. The summed E-state index contributed by atoms with van der Waals surface area (Å²) >= 11 is 0. The molecule has 1 amide bonds. The number of piperazine rings is 1. The van der Waals surface area contributed by atoms with Crippen LogP contribution in [0.2, 0.25) is 0 Å². The van der Waals surface area contributed by atoms with Crippen LogP contribution in [-0.4, -0.2) is 56.8 Å². The van der Waals surface area contributed by atoms with Crippen molar-refractivity contribution in [3.8, 4) is 0 Å². The van der Waals surface area contributed by atoms with Crippen molar-refractivity contribution in [2.24, 2.45) is 0 Å². The van der Waals surface area contributed by atoms with E-state index in [-0.39, 0.29) is 16.8 Å². The Morgan fingerprint density at radius 1 is 1.07 bits per heavy atom. The standard InChI is InChI=1S/C23H29N3O3S/c1-17-10-11-19(30(28,29)26-14-12-25(2)13-15-26)16-21(17)23(27)24-22-9-5-7-18-6-3-4-8-20(18)22/h3-4,6,8,10-11,16,22H,5,7,9,12-15H2,1-2H3,(H,24,27). The predicted octanol–water partition coefficient (Wildman–Crippen LogP) is 2.74. The van der Waals surface area contributed by atoms with Crippen LogP contribution in [0.5, 0.6) is 0 Å². The molecule has 4 rings (SSSR count). The fourth-order valence-corrected chi connectivity index (χ4v) is 5.77. The van der Waals surface area contributed by atoms with Gasteiger partial charge in [0.1, 0.15) is 0 Å². The van der Waals surface area contributed by atoms with Crippen LogP contribution >= 0.6 is 0 Å². The molecule has 0 bridgehead atoms. The Morgan fingerprint density at radius 2 is 1.80 bits per heavy atom. The van der Waals surface area contributed by atoms with E-state index in [4.69, 9.17) is 0 Å². The Hall–Kier alpha value is -2.22. The molecule has 1 unspecified atom stereocenters. The molecule has 0 radical (unpaired) electrons. The van der Waals surface area contributed by atoms with E-state index in [1.54, 1.807) is 12.1 Å². The number of fused-ring (bicyclic) bond motifs is 1. The number of amides is 1. The Morgan fingerprint density at radius 3 is 2.57 bits per heavy atom. The van der Waals surface area contributed by atoms with Crippen molar-refractivity contribution in [1.82, 2.24) is 14.5 Å². The highest BCUT2D eigenvalue weighted by Gasteiger charge is 2.29. The van der Waals surface area contributed by atoms with Gasteiger partial charge in [-0.15, -0.1) is 0 Å². The van der Waals surface area contributed by atoms with Crippen molar-refractivity contribution in [3.05, 3.63) is 64.7 Å². The van der Waals surface area contributed by atoms with Crippen molar-refractivity contribution < 1.29 is 13.2 Å². The van der Waals surface area contributed by atoms with E-state index in [9.17, 15) is 13.2 Å². The number of nitrogens with one attached hydrogen (secondary N) is 1. The van der Waals surface area contributed by atoms with E-state index in [0.717, 1.165) is 30.4 Å². The maximum atomic E-state index is 13.1. The van der Waals surface area contributed by atoms with Crippen LogP contribution in [0.1, 0.15) is 45.9 Å². The van der Waals surface area contributed by atoms with Gasteiger partial charge in [-0.3, -0.25) is 4.79 Å². The number of benzene rings is 2. The average Bonchev–Trinajstić information content (AvgIpc) is 2.74. The summed E-state index contributed by atoms with van der Waals surface area (Å²) in [6.07, 6.45) is 2.94. The van der Waals surface area contributed by atoms with Gasteiger partial charge < -0.3 is 10.2 Å².